The Kier molecular flexibility index (Phi) is 3.30. The smallest absolute Gasteiger partial charge is 0.306 e. The normalized spacial score (nSPS) is 11.4. The van der Waals surface area contributed by atoms with Gasteiger partial charge >= 0.3 is 5.97 Å². The van der Waals surface area contributed by atoms with Crippen molar-refractivity contribution in [3.63, 3.8) is 0 Å². The molecule has 0 amide bonds. The number of halogens is 2. The van der Waals surface area contributed by atoms with Crippen LogP contribution in [0.2, 0.25) is 0 Å². The molecule has 0 aliphatic carbocycles. The maximum Gasteiger partial charge on any atom is 0.306 e. The lowest BCUT2D eigenvalue weighted by Crippen LogP contribution is -2.16. The van der Waals surface area contributed by atoms with Crippen molar-refractivity contribution in [1.82, 2.24) is 0 Å². The fourth-order valence-electron chi connectivity index (χ4n) is 0.346. The van der Waals surface area contributed by atoms with Crippen LogP contribution in [0.25, 0.3) is 0 Å². The van der Waals surface area contributed by atoms with E-state index in [1.807, 2.05) is 0 Å². The largest absolute Gasteiger partial charge is 0.481 e. The van der Waals surface area contributed by atoms with Crippen LogP contribution in [-0.2, 0) is 4.79 Å². The van der Waals surface area contributed by atoms with E-state index in [-0.39, 0.29) is 6.42 Å². The Bertz CT molecular complexity index is 112. The molecule has 0 spiro atoms. The van der Waals surface area contributed by atoms with Gasteiger partial charge in [-0.2, -0.15) is 0 Å². The average molecular weight is 171 g/mol. The number of carboxylic acids is 1. The monoisotopic (exact) mass is 170 g/mol. The van der Waals surface area contributed by atoms with E-state index in [0.717, 1.165) is 0 Å². The number of carboxylic acid groups (broad SMARTS) is 1. The fourth-order valence-corrected chi connectivity index (χ4v) is 0.575. The predicted molar refractivity (Wildman–Crippen MR) is 37.0 cm³/mol. The Balaban J connectivity index is 3.71. The van der Waals surface area contributed by atoms with Crippen molar-refractivity contribution in [2.24, 2.45) is 0 Å². The number of carbonyl (C=O) groups is 1. The van der Waals surface area contributed by atoms with E-state index in [9.17, 15) is 4.79 Å². The molecule has 0 rings (SSSR count). The van der Waals surface area contributed by atoms with E-state index >= 15 is 0 Å². The summed E-state index contributed by atoms with van der Waals surface area (Å²) in [6.07, 6.45) is 0.245. The maximum absolute atomic E-state index is 10.0. The van der Waals surface area contributed by atoms with Crippen LogP contribution >= 0.6 is 23.2 Å². The first-order valence-corrected chi connectivity index (χ1v) is 3.33. The minimum atomic E-state index is -1.09. The van der Waals surface area contributed by atoms with E-state index in [2.05, 4.69) is 0 Å². The van der Waals surface area contributed by atoms with E-state index in [1.54, 1.807) is 6.92 Å². The summed E-state index contributed by atoms with van der Waals surface area (Å²) in [5.74, 6) is -0.971. The van der Waals surface area contributed by atoms with Crippen LogP contribution in [0.4, 0.5) is 0 Å². The second-order valence-electron chi connectivity index (χ2n) is 1.78. The summed E-state index contributed by atoms with van der Waals surface area (Å²) in [6, 6.07) is 0. The topological polar surface area (TPSA) is 37.3 Å². The SMILES string of the molecule is CCC(Cl)(Cl)CC(=O)O. The Labute approximate surface area is 63.8 Å². The molecule has 0 aromatic carbocycles. The van der Waals surface area contributed by atoms with Gasteiger partial charge in [-0.15, -0.1) is 23.2 Å². The molecule has 0 unspecified atom stereocenters. The van der Waals surface area contributed by atoms with Crippen molar-refractivity contribution in [3.05, 3.63) is 0 Å². The molecule has 0 aliphatic heterocycles. The summed E-state index contributed by atoms with van der Waals surface area (Å²) in [5, 5.41) is 8.21. The van der Waals surface area contributed by atoms with Crippen LogP contribution in [0.3, 0.4) is 0 Å². The van der Waals surface area contributed by atoms with Crippen molar-refractivity contribution >= 4 is 29.2 Å². The highest BCUT2D eigenvalue weighted by atomic mass is 35.5. The molecule has 4 heteroatoms. The van der Waals surface area contributed by atoms with Crippen LogP contribution < -0.4 is 0 Å². The van der Waals surface area contributed by atoms with E-state index in [1.165, 1.54) is 0 Å². The van der Waals surface area contributed by atoms with Gasteiger partial charge in [-0.25, -0.2) is 0 Å². The number of rotatable bonds is 3. The summed E-state index contributed by atoms with van der Waals surface area (Å²) >= 11 is 11.0. The van der Waals surface area contributed by atoms with Gasteiger partial charge in [-0.3, -0.25) is 4.79 Å². The number of alkyl halides is 2. The molecule has 0 radical (unpaired) electrons. The lowest BCUT2D eigenvalue weighted by atomic mass is 10.2. The summed E-state index contributed by atoms with van der Waals surface area (Å²) in [5.41, 5.74) is 0. The molecule has 0 aromatic rings. The van der Waals surface area contributed by atoms with E-state index in [4.69, 9.17) is 28.3 Å². The van der Waals surface area contributed by atoms with Crippen molar-refractivity contribution in [2.45, 2.75) is 24.1 Å². The highest BCUT2D eigenvalue weighted by Crippen LogP contribution is 2.28. The van der Waals surface area contributed by atoms with Crippen LogP contribution in [-0.4, -0.2) is 15.4 Å². The second-order valence-corrected chi connectivity index (χ2v) is 3.42. The van der Waals surface area contributed by atoms with Crippen molar-refractivity contribution in [1.29, 1.82) is 0 Å². The van der Waals surface area contributed by atoms with Crippen LogP contribution in [0, 0.1) is 0 Å². The summed E-state index contributed by atoms with van der Waals surface area (Å²) < 4.78 is -1.09. The fraction of sp³-hybridized carbons (Fsp3) is 0.800. The minimum Gasteiger partial charge on any atom is -0.481 e. The van der Waals surface area contributed by atoms with Crippen molar-refractivity contribution in [2.75, 3.05) is 0 Å². The molecule has 0 bridgehead atoms. The van der Waals surface area contributed by atoms with Gasteiger partial charge in [0.15, 0.2) is 0 Å². The quantitative estimate of drug-likeness (QED) is 0.659. The Morgan fingerprint density at radius 3 is 2.22 bits per heavy atom. The Morgan fingerprint density at radius 2 is 2.11 bits per heavy atom. The summed E-state index contributed by atoms with van der Waals surface area (Å²) in [4.78, 5) is 10.0. The molecule has 0 fully saturated rings. The summed E-state index contributed by atoms with van der Waals surface area (Å²) in [7, 11) is 0. The molecular formula is C5H8Cl2O2. The molecule has 1 N–H and O–H groups in total. The van der Waals surface area contributed by atoms with E-state index in [0.29, 0.717) is 6.42 Å². The molecule has 0 aromatic heterocycles. The molecule has 0 heterocycles. The molecule has 0 atom stereocenters. The summed E-state index contributed by atoms with van der Waals surface area (Å²) in [6.45, 7) is 1.74. The standard InChI is InChI=1S/C5H8Cl2O2/c1-2-5(6,7)3-4(8)9/h2-3H2,1H3,(H,8,9). The van der Waals surface area contributed by atoms with E-state index < -0.39 is 10.3 Å². The highest BCUT2D eigenvalue weighted by molar-refractivity contribution is 6.49. The van der Waals surface area contributed by atoms with Crippen LogP contribution in [0.1, 0.15) is 19.8 Å². The number of hydrogen-bond acceptors (Lipinski definition) is 1. The van der Waals surface area contributed by atoms with Crippen molar-refractivity contribution < 1.29 is 9.90 Å². The number of hydrogen-bond donors (Lipinski definition) is 1. The minimum absolute atomic E-state index is 0.202. The van der Waals surface area contributed by atoms with Crippen molar-refractivity contribution in [3.8, 4) is 0 Å². The van der Waals surface area contributed by atoms with Crippen LogP contribution in [0.5, 0.6) is 0 Å². The zero-order valence-electron chi connectivity index (χ0n) is 5.03. The molecule has 54 valence electrons. The van der Waals surface area contributed by atoms with Gasteiger partial charge in [0.1, 0.15) is 4.33 Å². The van der Waals surface area contributed by atoms with Gasteiger partial charge in [0.05, 0.1) is 6.42 Å². The average Bonchev–Trinajstić information content (AvgIpc) is 1.63. The first kappa shape index (κ1) is 9.05. The zero-order valence-corrected chi connectivity index (χ0v) is 6.54. The van der Waals surface area contributed by atoms with Gasteiger partial charge in [0.25, 0.3) is 0 Å². The zero-order chi connectivity index (χ0) is 7.49. The third-order valence-electron chi connectivity index (χ3n) is 0.927. The molecule has 0 saturated heterocycles. The van der Waals surface area contributed by atoms with Gasteiger partial charge in [0.2, 0.25) is 0 Å². The lowest BCUT2D eigenvalue weighted by molar-refractivity contribution is -0.137. The predicted octanol–water partition coefficient (Wildman–Crippen LogP) is 2.04. The first-order valence-electron chi connectivity index (χ1n) is 2.57. The van der Waals surface area contributed by atoms with Gasteiger partial charge in [-0.05, 0) is 6.42 Å². The third-order valence-corrected chi connectivity index (χ3v) is 1.73. The molecule has 2 nitrogen and oxygen atoms in total. The third kappa shape index (κ3) is 4.55. The van der Waals surface area contributed by atoms with Gasteiger partial charge in [0, 0.05) is 0 Å². The molecule has 0 aliphatic rings. The second kappa shape index (κ2) is 3.28. The molecule has 9 heavy (non-hydrogen) atoms. The maximum atomic E-state index is 10.0. The molecular weight excluding hydrogens is 163 g/mol. The van der Waals surface area contributed by atoms with Gasteiger partial charge in [-0.1, -0.05) is 6.92 Å². The lowest BCUT2D eigenvalue weighted by Gasteiger charge is -2.12. The Morgan fingerprint density at radius 1 is 1.67 bits per heavy atom. The first-order chi connectivity index (χ1) is 3.98. The number of aliphatic carboxylic acids is 1. The van der Waals surface area contributed by atoms with Gasteiger partial charge < -0.3 is 5.11 Å². The Hall–Kier alpha value is 0.0500. The van der Waals surface area contributed by atoms with Crippen LogP contribution in [0.15, 0.2) is 0 Å². The highest BCUT2D eigenvalue weighted by Gasteiger charge is 2.24. The molecule has 0 saturated carbocycles.